The molecule has 0 aliphatic carbocycles. The Kier molecular flexibility index (Phi) is 5.95. The van der Waals surface area contributed by atoms with Crippen molar-refractivity contribution in [3.05, 3.63) is 27.8 Å². The molecule has 0 saturated carbocycles. The first kappa shape index (κ1) is 14.8. The quantitative estimate of drug-likeness (QED) is 0.405. The normalized spacial score (nSPS) is 9.00. The summed E-state index contributed by atoms with van der Waals surface area (Å²) in [6.07, 6.45) is 0. The Hall–Kier alpha value is -1.17. The molecule has 6 nitrogen and oxygen atoms in total. The van der Waals surface area contributed by atoms with Crippen molar-refractivity contribution in [3.63, 3.8) is 0 Å². The summed E-state index contributed by atoms with van der Waals surface area (Å²) in [5.41, 5.74) is 0.397. The van der Waals surface area contributed by atoms with Crippen LogP contribution in [0.1, 0.15) is 12.5 Å². The molecule has 0 aromatic heterocycles. The van der Waals surface area contributed by atoms with Crippen LogP contribution in [0.2, 0.25) is 0 Å². The predicted molar refractivity (Wildman–Crippen MR) is 52.4 cm³/mol. The van der Waals surface area contributed by atoms with Crippen molar-refractivity contribution in [2.75, 3.05) is 0 Å². The van der Waals surface area contributed by atoms with Gasteiger partial charge in [0.25, 0.3) is 5.97 Å². The third kappa shape index (κ3) is 5.06. The number of benzene rings is 1. The van der Waals surface area contributed by atoms with Crippen molar-refractivity contribution >= 4 is 14.7 Å². The van der Waals surface area contributed by atoms with E-state index in [0.29, 0.717) is 31.7 Å². The Balaban J connectivity index is 0.000000487. The Morgan fingerprint density at radius 2 is 1.94 bits per heavy atom. The molecule has 7 heteroatoms. The summed E-state index contributed by atoms with van der Waals surface area (Å²) in [6, 6.07) is 3.22. The summed E-state index contributed by atoms with van der Waals surface area (Å²) in [5.74, 6) is -1.05. The van der Waals surface area contributed by atoms with Crippen LogP contribution in [0.4, 0.5) is 5.69 Å². The molecule has 83 valence electrons. The van der Waals surface area contributed by atoms with Gasteiger partial charge in [0.05, 0.1) is 0 Å². The van der Waals surface area contributed by atoms with E-state index in [-0.39, 0.29) is 11.4 Å². The van der Waals surface area contributed by atoms with Gasteiger partial charge in [0.1, 0.15) is 0 Å². The number of nitro benzene ring substituents is 1. The van der Waals surface area contributed by atoms with Gasteiger partial charge in [-0.15, -0.1) is 0 Å². The van der Waals surface area contributed by atoms with E-state index < -0.39 is 10.9 Å². The molecule has 0 fully saturated rings. The number of aliphatic carboxylic acids is 1. The number of aromatic hydroxyl groups is 1. The minimum absolute atomic E-state index is 0.181. The summed E-state index contributed by atoms with van der Waals surface area (Å²) < 4.78 is 0.969. The van der Waals surface area contributed by atoms with Gasteiger partial charge >= 0.3 is 85.4 Å². The summed E-state index contributed by atoms with van der Waals surface area (Å²) in [6.45, 7) is 2.75. The van der Waals surface area contributed by atoms with Gasteiger partial charge in [-0.3, -0.25) is 4.79 Å². The molecular formula is C9H10HgNO5. The van der Waals surface area contributed by atoms with Gasteiger partial charge < -0.3 is 5.11 Å². The first-order chi connectivity index (χ1) is 7.25. The number of nitrogens with zero attached hydrogens (tertiary/aromatic N) is 1. The summed E-state index contributed by atoms with van der Waals surface area (Å²) in [5, 5.41) is 27.1. The number of carboxylic acid groups (broad SMARTS) is 1. The van der Waals surface area contributed by atoms with E-state index in [4.69, 9.17) is 9.90 Å². The topological polar surface area (TPSA) is 101 Å². The minimum atomic E-state index is -0.833. The number of hydrogen-bond donors (Lipinski definition) is 2. The average molecular weight is 413 g/mol. The van der Waals surface area contributed by atoms with E-state index in [1.807, 2.05) is 0 Å². The van der Waals surface area contributed by atoms with E-state index in [2.05, 4.69) is 0 Å². The molecule has 0 aliphatic heterocycles. The van der Waals surface area contributed by atoms with Gasteiger partial charge in [-0.25, -0.2) is 0 Å². The van der Waals surface area contributed by atoms with Crippen molar-refractivity contribution in [2.45, 2.75) is 13.8 Å². The maximum absolute atomic E-state index is 10.4. The molecule has 0 aliphatic rings. The van der Waals surface area contributed by atoms with Gasteiger partial charge in [-0.05, 0) is 0 Å². The van der Waals surface area contributed by atoms with Crippen molar-refractivity contribution in [2.24, 2.45) is 0 Å². The number of phenols is 1. The molecule has 0 saturated heterocycles. The van der Waals surface area contributed by atoms with Crippen LogP contribution >= 0.6 is 0 Å². The number of hydrogen-bond acceptors (Lipinski definition) is 4. The molecule has 1 aromatic rings. The second kappa shape index (κ2) is 6.42. The zero-order valence-electron chi connectivity index (χ0n) is 8.93. The molecule has 0 amide bonds. The van der Waals surface area contributed by atoms with E-state index >= 15 is 0 Å². The molecule has 0 heterocycles. The Morgan fingerprint density at radius 1 is 1.50 bits per heavy atom. The second-order valence-corrected chi connectivity index (χ2v) is 6.23. The van der Waals surface area contributed by atoms with Gasteiger partial charge in [0.2, 0.25) is 0 Å². The van der Waals surface area contributed by atoms with Crippen molar-refractivity contribution in [3.8, 4) is 5.75 Å². The van der Waals surface area contributed by atoms with Gasteiger partial charge in [-0.1, -0.05) is 0 Å². The predicted octanol–water partition coefficient (Wildman–Crippen LogP) is 0.872. The van der Waals surface area contributed by atoms with Crippen LogP contribution in [0.5, 0.6) is 5.75 Å². The Bertz CT molecular complexity index is 415. The molecule has 1 rings (SSSR count). The van der Waals surface area contributed by atoms with Gasteiger partial charge in [0, 0.05) is 6.92 Å². The van der Waals surface area contributed by atoms with Crippen LogP contribution in [0.3, 0.4) is 0 Å². The number of carboxylic acids is 1. The number of nitro groups is 1. The van der Waals surface area contributed by atoms with Gasteiger partial charge in [-0.2, -0.15) is 0 Å². The zero-order chi connectivity index (χ0) is 12.9. The molecular weight excluding hydrogens is 403 g/mol. The van der Waals surface area contributed by atoms with Crippen LogP contribution in [0.25, 0.3) is 0 Å². The fraction of sp³-hybridized carbons (Fsp3) is 0.222. The van der Waals surface area contributed by atoms with Crippen LogP contribution in [-0.4, -0.2) is 21.1 Å². The van der Waals surface area contributed by atoms with Crippen molar-refractivity contribution < 1.29 is 46.1 Å². The maximum atomic E-state index is 10.4. The number of carbonyl (C=O) groups is 1. The third-order valence-corrected chi connectivity index (χ3v) is 3.12. The summed E-state index contributed by atoms with van der Waals surface area (Å²) in [7, 11) is 0. The standard InChI is InChI=1S/C7H6NO3.C2H4O2.Hg/c1-5-3-2-4-6(7(5)9)8(10)11;1-2(3)4;/h3-4,9H,1H3;1H3,(H,3,4);. The number of aryl methyl sites for hydroxylation is 1. The Labute approximate surface area is 108 Å². The van der Waals surface area contributed by atoms with E-state index in [0.717, 1.165) is 10.00 Å². The molecule has 1 aromatic carbocycles. The van der Waals surface area contributed by atoms with Crippen molar-refractivity contribution in [1.29, 1.82) is 0 Å². The van der Waals surface area contributed by atoms with E-state index in [9.17, 15) is 15.2 Å². The van der Waals surface area contributed by atoms with E-state index in [1.54, 1.807) is 13.0 Å². The number of phenolic OH excluding ortho intramolecular Hbond substituents is 1. The van der Waals surface area contributed by atoms with Crippen LogP contribution in [0, 0.1) is 17.0 Å². The second-order valence-electron chi connectivity index (χ2n) is 3.06. The van der Waals surface area contributed by atoms with Gasteiger partial charge in [0.15, 0.2) is 0 Å². The molecule has 2 N–H and O–H groups in total. The van der Waals surface area contributed by atoms with E-state index in [1.165, 1.54) is 6.07 Å². The van der Waals surface area contributed by atoms with Crippen LogP contribution in [0.15, 0.2) is 12.1 Å². The molecule has 0 bridgehead atoms. The summed E-state index contributed by atoms with van der Waals surface area (Å²) >= 11 is 0.349. The molecule has 16 heavy (non-hydrogen) atoms. The molecule has 0 unspecified atom stereocenters. The SMILES string of the molecule is CC(=O)O.Cc1c[c]([Hg])cc([N+](=O)[O-])c1O. The first-order valence-corrected chi connectivity index (χ1v) is 7.00. The first-order valence-electron chi connectivity index (χ1n) is 4.25. The average Bonchev–Trinajstić information content (AvgIpc) is 2.09. The fourth-order valence-corrected chi connectivity index (χ4v) is 2.92. The molecule has 0 radical (unpaired) electrons. The fourth-order valence-electron chi connectivity index (χ4n) is 0.973. The molecule has 0 spiro atoms. The summed E-state index contributed by atoms with van der Waals surface area (Å²) in [4.78, 5) is 18.8. The van der Waals surface area contributed by atoms with Crippen LogP contribution in [-0.2, 0) is 30.9 Å². The zero-order valence-corrected chi connectivity index (χ0v) is 14.4. The van der Waals surface area contributed by atoms with Crippen LogP contribution < -0.4 is 3.07 Å². The van der Waals surface area contributed by atoms with Crippen molar-refractivity contribution in [1.82, 2.24) is 0 Å². The third-order valence-electron chi connectivity index (χ3n) is 1.54. The number of rotatable bonds is 1. The monoisotopic (exact) mass is 414 g/mol. The molecule has 0 atom stereocenters. The Morgan fingerprint density at radius 3 is 2.31 bits per heavy atom.